The summed E-state index contributed by atoms with van der Waals surface area (Å²) >= 11 is 3.46. The van der Waals surface area contributed by atoms with Crippen LogP contribution in [0.1, 0.15) is 6.92 Å². The summed E-state index contributed by atoms with van der Waals surface area (Å²) in [6.45, 7) is 8.39. The molecular weight excluding hydrogens is 310 g/mol. The minimum absolute atomic E-state index is 0.652. The number of nitrogens with one attached hydrogen (secondary N) is 2. The maximum atomic E-state index is 5.33. The number of hydrogen-bond acceptors (Lipinski definition) is 6. The Hall–Kier alpha value is -0.920. The van der Waals surface area contributed by atoms with Gasteiger partial charge in [-0.05, 0) is 22.9 Å². The molecule has 0 amide bonds. The summed E-state index contributed by atoms with van der Waals surface area (Å²) in [6.07, 6.45) is 1.77. The summed E-state index contributed by atoms with van der Waals surface area (Å²) < 4.78 is 6.21. The van der Waals surface area contributed by atoms with E-state index in [9.17, 15) is 0 Å². The molecule has 1 aromatic rings. The Kier molecular flexibility index (Phi) is 5.81. The van der Waals surface area contributed by atoms with Crippen LogP contribution in [-0.4, -0.2) is 60.8 Å². The van der Waals surface area contributed by atoms with E-state index in [1.165, 1.54) is 0 Å². The summed E-state index contributed by atoms with van der Waals surface area (Å²) in [5, 5.41) is 6.44. The summed E-state index contributed by atoms with van der Waals surface area (Å²) in [5.74, 6) is 1.48. The molecule has 106 valence electrons. The molecule has 1 aliphatic heterocycles. The minimum Gasteiger partial charge on any atom is -0.379 e. The van der Waals surface area contributed by atoms with Crippen molar-refractivity contribution in [2.75, 3.05) is 56.6 Å². The first-order chi connectivity index (χ1) is 9.29. The fourth-order valence-electron chi connectivity index (χ4n) is 1.89. The van der Waals surface area contributed by atoms with E-state index in [1.54, 1.807) is 6.20 Å². The Bertz CT molecular complexity index is 398. The average molecular weight is 330 g/mol. The highest BCUT2D eigenvalue weighted by atomic mass is 79.9. The van der Waals surface area contributed by atoms with Crippen molar-refractivity contribution in [1.29, 1.82) is 0 Å². The molecule has 6 nitrogen and oxygen atoms in total. The molecule has 0 spiro atoms. The number of rotatable bonds is 6. The lowest BCUT2D eigenvalue weighted by Crippen LogP contribution is -2.39. The van der Waals surface area contributed by atoms with Crippen LogP contribution in [0.15, 0.2) is 10.7 Å². The van der Waals surface area contributed by atoms with Crippen LogP contribution in [0.4, 0.5) is 11.8 Å². The topological polar surface area (TPSA) is 62.3 Å². The third kappa shape index (κ3) is 4.59. The van der Waals surface area contributed by atoms with Gasteiger partial charge in [-0.25, -0.2) is 4.98 Å². The molecule has 1 saturated heterocycles. The van der Waals surface area contributed by atoms with Gasteiger partial charge in [-0.2, -0.15) is 4.98 Å². The van der Waals surface area contributed by atoms with Crippen LogP contribution >= 0.6 is 15.9 Å². The highest BCUT2D eigenvalue weighted by Crippen LogP contribution is 2.19. The SMILES string of the molecule is CCNc1ncc(Br)c(NCCN2CCOCC2)n1. The number of aromatic nitrogens is 2. The summed E-state index contributed by atoms with van der Waals surface area (Å²) in [6, 6.07) is 0. The zero-order chi connectivity index (χ0) is 13.5. The van der Waals surface area contributed by atoms with Crippen LogP contribution in [0.25, 0.3) is 0 Å². The van der Waals surface area contributed by atoms with Gasteiger partial charge in [0, 0.05) is 38.9 Å². The zero-order valence-electron chi connectivity index (χ0n) is 11.2. The van der Waals surface area contributed by atoms with Gasteiger partial charge in [-0.1, -0.05) is 0 Å². The first-order valence-corrected chi connectivity index (χ1v) is 7.39. The Morgan fingerprint density at radius 3 is 2.89 bits per heavy atom. The van der Waals surface area contributed by atoms with Gasteiger partial charge >= 0.3 is 0 Å². The molecule has 2 heterocycles. The molecule has 7 heteroatoms. The number of ether oxygens (including phenoxy) is 1. The molecule has 1 fully saturated rings. The first kappa shape index (κ1) is 14.5. The van der Waals surface area contributed by atoms with Crippen molar-refractivity contribution < 1.29 is 4.74 Å². The standard InChI is InChI=1S/C12H20BrN5O/c1-2-14-12-16-9-10(13)11(17-12)15-3-4-18-5-7-19-8-6-18/h9H,2-8H2,1H3,(H2,14,15,16,17). The molecule has 2 rings (SSSR count). The van der Waals surface area contributed by atoms with E-state index in [1.807, 2.05) is 6.92 Å². The second-order valence-electron chi connectivity index (χ2n) is 4.30. The number of nitrogens with zero attached hydrogens (tertiary/aromatic N) is 3. The van der Waals surface area contributed by atoms with Crippen molar-refractivity contribution in [2.24, 2.45) is 0 Å². The molecule has 0 aliphatic carbocycles. The Balaban J connectivity index is 1.82. The predicted molar refractivity (Wildman–Crippen MR) is 79.6 cm³/mol. The Morgan fingerprint density at radius 2 is 2.16 bits per heavy atom. The molecule has 1 aliphatic rings. The van der Waals surface area contributed by atoms with Crippen LogP contribution in [0.2, 0.25) is 0 Å². The van der Waals surface area contributed by atoms with Gasteiger partial charge in [0.2, 0.25) is 5.95 Å². The van der Waals surface area contributed by atoms with Crippen molar-refractivity contribution in [3.05, 3.63) is 10.7 Å². The number of hydrogen-bond donors (Lipinski definition) is 2. The molecular formula is C12H20BrN5O. The van der Waals surface area contributed by atoms with Crippen molar-refractivity contribution in [3.63, 3.8) is 0 Å². The largest absolute Gasteiger partial charge is 0.379 e. The van der Waals surface area contributed by atoms with Gasteiger partial charge < -0.3 is 15.4 Å². The van der Waals surface area contributed by atoms with Gasteiger partial charge in [0.1, 0.15) is 5.82 Å². The van der Waals surface area contributed by atoms with Crippen molar-refractivity contribution in [2.45, 2.75) is 6.92 Å². The smallest absolute Gasteiger partial charge is 0.224 e. The van der Waals surface area contributed by atoms with Crippen molar-refractivity contribution in [1.82, 2.24) is 14.9 Å². The lowest BCUT2D eigenvalue weighted by atomic mass is 10.4. The molecule has 0 atom stereocenters. The van der Waals surface area contributed by atoms with Crippen LogP contribution in [0.5, 0.6) is 0 Å². The van der Waals surface area contributed by atoms with Gasteiger partial charge in [0.25, 0.3) is 0 Å². The number of anilines is 2. The van der Waals surface area contributed by atoms with E-state index in [4.69, 9.17) is 4.74 Å². The first-order valence-electron chi connectivity index (χ1n) is 6.60. The highest BCUT2D eigenvalue weighted by molar-refractivity contribution is 9.10. The predicted octanol–water partition coefficient (Wildman–Crippen LogP) is 1.41. The van der Waals surface area contributed by atoms with E-state index in [2.05, 4.69) is 41.4 Å². The zero-order valence-corrected chi connectivity index (χ0v) is 12.7. The molecule has 0 bridgehead atoms. The van der Waals surface area contributed by atoms with E-state index >= 15 is 0 Å². The quantitative estimate of drug-likeness (QED) is 0.823. The lowest BCUT2D eigenvalue weighted by molar-refractivity contribution is 0.0398. The molecule has 1 aromatic heterocycles. The normalized spacial score (nSPS) is 16.3. The van der Waals surface area contributed by atoms with Crippen molar-refractivity contribution >= 4 is 27.7 Å². The van der Waals surface area contributed by atoms with Gasteiger partial charge in [0.15, 0.2) is 0 Å². The lowest BCUT2D eigenvalue weighted by Gasteiger charge is -2.26. The number of halogens is 1. The van der Waals surface area contributed by atoms with Gasteiger partial charge in [-0.3, -0.25) is 4.90 Å². The maximum absolute atomic E-state index is 5.33. The second kappa shape index (κ2) is 7.62. The van der Waals surface area contributed by atoms with E-state index in [0.717, 1.165) is 56.2 Å². The average Bonchev–Trinajstić information content (AvgIpc) is 2.44. The minimum atomic E-state index is 0.652. The van der Waals surface area contributed by atoms with Crippen LogP contribution in [0.3, 0.4) is 0 Å². The maximum Gasteiger partial charge on any atom is 0.224 e. The van der Waals surface area contributed by atoms with E-state index < -0.39 is 0 Å². The Morgan fingerprint density at radius 1 is 1.37 bits per heavy atom. The number of morpholine rings is 1. The molecule has 0 aromatic carbocycles. The molecule has 0 saturated carbocycles. The Labute approximate surface area is 122 Å². The third-order valence-corrected chi connectivity index (χ3v) is 3.48. The van der Waals surface area contributed by atoms with Crippen LogP contribution in [-0.2, 0) is 4.74 Å². The van der Waals surface area contributed by atoms with Gasteiger partial charge in [-0.15, -0.1) is 0 Å². The van der Waals surface area contributed by atoms with Crippen LogP contribution < -0.4 is 10.6 Å². The van der Waals surface area contributed by atoms with Crippen LogP contribution in [0, 0.1) is 0 Å². The fourth-order valence-corrected chi connectivity index (χ4v) is 2.22. The molecule has 0 unspecified atom stereocenters. The molecule has 2 N–H and O–H groups in total. The van der Waals surface area contributed by atoms with Gasteiger partial charge in [0.05, 0.1) is 17.7 Å². The summed E-state index contributed by atoms with van der Waals surface area (Å²) in [7, 11) is 0. The van der Waals surface area contributed by atoms with Crippen molar-refractivity contribution in [3.8, 4) is 0 Å². The summed E-state index contributed by atoms with van der Waals surface area (Å²) in [5.41, 5.74) is 0. The van der Waals surface area contributed by atoms with E-state index in [0.29, 0.717) is 5.95 Å². The van der Waals surface area contributed by atoms with E-state index in [-0.39, 0.29) is 0 Å². The summed E-state index contributed by atoms with van der Waals surface area (Å²) in [4.78, 5) is 11.0. The molecule has 0 radical (unpaired) electrons. The fraction of sp³-hybridized carbons (Fsp3) is 0.667. The third-order valence-electron chi connectivity index (χ3n) is 2.90. The second-order valence-corrected chi connectivity index (χ2v) is 5.16. The highest BCUT2D eigenvalue weighted by Gasteiger charge is 2.10. The molecule has 19 heavy (non-hydrogen) atoms. The monoisotopic (exact) mass is 329 g/mol.